The average Bonchev–Trinajstić information content (AvgIpc) is 2.36. The maximum Gasteiger partial charge on any atom is 0.250 e. The topological polar surface area (TPSA) is 94.0 Å². The van der Waals surface area contributed by atoms with Crippen LogP contribution < -0.4 is 16.8 Å². The number of anilines is 3. The molecular formula is C12H10BrIN4O. The number of hydrogen-bond acceptors (Lipinski definition) is 4. The number of nitrogens with two attached hydrogens (primary N) is 2. The number of hydrogen-bond donors (Lipinski definition) is 3. The number of halogens is 2. The van der Waals surface area contributed by atoms with Crippen LogP contribution in [0.2, 0.25) is 0 Å². The van der Waals surface area contributed by atoms with E-state index in [1.54, 1.807) is 0 Å². The highest BCUT2D eigenvalue weighted by Gasteiger charge is 2.09. The molecule has 1 heterocycles. The number of carbonyl (C=O) groups excluding carboxylic acids is 1. The zero-order chi connectivity index (χ0) is 14.0. The molecule has 5 nitrogen and oxygen atoms in total. The van der Waals surface area contributed by atoms with Crippen LogP contribution in [-0.4, -0.2) is 10.9 Å². The van der Waals surface area contributed by atoms with E-state index in [-0.39, 0.29) is 11.3 Å². The summed E-state index contributed by atoms with van der Waals surface area (Å²) >= 11 is 5.61. The minimum absolute atomic E-state index is 0.252. The lowest BCUT2D eigenvalue weighted by Gasteiger charge is -2.10. The molecule has 0 bridgehead atoms. The van der Waals surface area contributed by atoms with Crippen LogP contribution in [-0.2, 0) is 0 Å². The second-order valence-corrected chi connectivity index (χ2v) is 5.85. The van der Waals surface area contributed by atoms with Crippen molar-refractivity contribution < 1.29 is 4.79 Å². The van der Waals surface area contributed by atoms with E-state index in [2.05, 4.69) is 48.8 Å². The zero-order valence-electron chi connectivity index (χ0n) is 9.65. The minimum Gasteiger partial charge on any atom is -0.397 e. The van der Waals surface area contributed by atoms with Crippen LogP contribution in [0, 0.1) is 3.57 Å². The summed E-state index contributed by atoms with van der Waals surface area (Å²) in [7, 11) is 0. The molecule has 1 amide bonds. The summed E-state index contributed by atoms with van der Waals surface area (Å²) in [6, 6.07) is 7.36. The molecule has 0 saturated heterocycles. The molecule has 2 aromatic rings. The summed E-state index contributed by atoms with van der Waals surface area (Å²) in [6.45, 7) is 0. The van der Waals surface area contributed by atoms with E-state index in [0.29, 0.717) is 5.82 Å². The van der Waals surface area contributed by atoms with Crippen LogP contribution in [0.5, 0.6) is 0 Å². The van der Waals surface area contributed by atoms with Crippen LogP contribution in [0.15, 0.2) is 34.9 Å². The predicted molar refractivity (Wildman–Crippen MR) is 87.3 cm³/mol. The maximum atomic E-state index is 11.2. The van der Waals surface area contributed by atoms with Gasteiger partial charge in [0.05, 0.1) is 23.1 Å². The Morgan fingerprint density at radius 3 is 2.79 bits per heavy atom. The fraction of sp³-hybridized carbons (Fsp3) is 0. The number of nitrogens with one attached hydrogen (secondary N) is 1. The van der Waals surface area contributed by atoms with Crippen LogP contribution in [0.3, 0.4) is 0 Å². The zero-order valence-corrected chi connectivity index (χ0v) is 13.4. The van der Waals surface area contributed by atoms with Gasteiger partial charge in [-0.15, -0.1) is 0 Å². The van der Waals surface area contributed by atoms with Gasteiger partial charge in [0.25, 0.3) is 5.91 Å². The molecule has 98 valence electrons. The van der Waals surface area contributed by atoms with E-state index in [1.165, 1.54) is 12.3 Å². The normalized spacial score (nSPS) is 10.2. The van der Waals surface area contributed by atoms with Gasteiger partial charge in [0.2, 0.25) is 0 Å². The second-order valence-electron chi connectivity index (χ2n) is 3.77. The lowest BCUT2D eigenvalue weighted by molar-refractivity contribution is 0.100. The summed E-state index contributed by atoms with van der Waals surface area (Å²) in [5, 5.41) is 3.12. The van der Waals surface area contributed by atoms with E-state index < -0.39 is 5.91 Å². The summed E-state index contributed by atoms with van der Waals surface area (Å²) in [5.74, 6) is -0.0640. The molecule has 0 radical (unpaired) electrons. The molecule has 0 aliphatic carbocycles. The summed E-state index contributed by atoms with van der Waals surface area (Å²) in [6.07, 6.45) is 1.41. The highest BCUT2D eigenvalue weighted by molar-refractivity contribution is 14.1. The Bertz CT molecular complexity index is 648. The molecule has 0 atom stereocenters. The number of primary amides is 1. The van der Waals surface area contributed by atoms with Gasteiger partial charge in [0.15, 0.2) is 0 Å². The van der Waals surface area contributed by atoms with Crippen molar-refractivity contribution in [1.82, 2.24) is 4.98 Å². The van der Waals surface area contributed by atoms with Gasteiger partial charge >= 0.3 is 0 Å². The van der Waals surface area contributed by atoms with Crippen molar-refractivity contribution in [3.8, 4) is 0 Å². The third-order valence-electron chi connectivity index (χ3n) is 2.39. The van der Waals surface area contributed by atoms with Crippen LogP contribution in [0.1, 0.15) is 10.4 Å². The van der Waals surface area contributed by atoms with E-state index >= 15 is 0 Å². The third-order valence-corrected chi connectivity index (χ3v) is 3.83. The molecule has 0 saturated carbocycles. The van der Waals surface area contributed by atoms with Gasteiger partial charge in [-0.2, -0.15) is 0 Å². The molecule has 1 aromatic heterocycles. The highest BCUT2D eigenvalue weighted by atomic mass is 127. The van der Waals surface area contributed by atoms with Crippen LogP contribution in [0.4, 0.5) is 17.2 Å². The Labute approximate surface area is 132 Å². The molecule has 5 N–H and O–H groups in total. The lowest BCUT2D eigenvalue weighted by Crippen LogP contribution is -2.14. The number of aromatic nitrogens is 1. The first kappa shape index (κ1) is 14.1. The number of pyridine rings is 1. The van der Waals surface area contributed by atoms with Gasteiger partial charge in [-0.05, 0) is 46.9 Å². The smallest absolute Gasteiger partial charge is 0.250 e. The Kier molecular flexibility index (Phi) is 4.25. The standard InChI is InChI=1S/C12H10BrIN4O/c13-6-1-2-8(14)10(3-6)18-11-4-7(12(16)19)9(15)5-17-11/h1-5H,15H2,(H2,16,19)(H,17,18). The molecule has 0 fully saturated rings. The second kappa shape index (κ2) is 5.74. The SMILES string of the molecule is NC(=O)c1cc(Nc2cc(Br)ccc2I)ncc1N. The summed E-state index contributed by atoms with van der Waals surface area (Å²) in [5.41, 5.74) is 12.3. The fourth-order valence-corrected chi connectivity index (χ4v) is 2.31. The molecule has 7 heteroatoms. The fourth-order valence-electron chi connectivity index (χ4n) is 1.48. The average molecular weight is 433 g/mol. The van der Waals surface area contributed by atoms with Gasteiger partial charge in [-0.25, -0.2) is 4.98 Å². The van der Waals surface area contributed by atoms with Crippen molar-refractivity contribution >= 4 is 61.6 Å². The summed E-state index contributed by atoms with van der Waals surface area (Å²) in [4.78, 5) is 15.4. The van der Waals surface area contributed by atoms with E-state index in [4.69, 9.17) is 11.5 Å². The molecule has 0 aliphatic heterocycles. The first-order valence-electron chi connectivity index (χ1n) is 5.25. The quantitative estimate of drug-likeness (QED) is 0.650. The molecule has 0 aliphatic rings. The van der Waals surface area contributed by atoms with E-state index in [0.717, 1.165) is 13.7 Å². The molecule has 1 aromatic carbocycles. The van der Waals surface area contributed by atoms with Crippen LogP contribution in [0.25, 0.3) is 0 Å². The summed E-state index contributed by atoms with van der Waals surface area (Å²) < 4.78 is 1.97. The number of nitrogens with zero attached hydrogens (tertiary/aromatic N) is 1. The van der Waals surface area contributed by atoms with Crippen LogP contribution >= 0.6 is 38.5 Å². The predicted octanol–water partition coefficient (Wildman–Crippen LogP) is 2.87. The molecule has 0 unspecified atom stereocenters. The molecule has 2 rings (SSSR count). The largest absolute Gasteiger partial charge is 0.397 e. The first-order valence-corrected chi connectivity index (χ1v) is 7.12. The van der Waals surface area contributed by atoms with Crippen molar-refractivity contribution in [2.75, 3.05) is 11.1 Å². The first-order chi connectivity index (χ1) is 8.97. The molecule has 0 spiro atoms. The maximum absolute atomic E-state index is 11.2. The van der Waals surface area contributed by atoms with Crippen molar-refractivity contribution in [3.63, 3.8) is 0 Å². The lowest BCUT2D eigenvalue weighted by atomic mass is 10.2. The van der Waals surface area contributed by atoms with Crippen molar-refractivity contribution in [2.24, 2.45) is 5.73 Å². The van der Waals surface area contributed by atoms with Gasteiger partial charge in [-0.3, -0.25) is 4.79 Å². The number of amides is 1. The van der Waals surface area contributed by atoms with Gasteiger partial charge < -0.3 is 16.8 Å². The Morgan fingerprint density at radius 1 is 1.37 bits per heavy atom. The van der Waals surface area contributed by atoms with Gasteiger partial charge in [0.1, 0.15) is 5.82 Å². The monoisotopic (exact) mass is 432 g/mol. The van der Waals surface area contributed by atoms with E-state index in [1.807, 2.05) is 18.2 Å². The number of carbonyl (C=O) groups is 1. The number of benzene rings is 1. The minimum atomic E-state index is -0.577. The molecular weight excluding hydrogens is 423 g/mol. The van der Waals surface area contributed by atoms with Gasteiger partial charge in [0, 0.05) is 8.04 Å². The number of nitrogen functional groups attached to an aromatic ring is 1. The third kappa shape index (κ3) is 3.35. The highest BCUT2D eigenvalue weighted by Crippen LogP contribution is 2.26. The Balaban J connectivity index is 2.36. The van der Waals surface area contributed by atoms with Crippen molar-refractivity contribution in [1.29, 1.82) is 0 Å². The van der Waals surface area contributed by atoms with Gasteiger partial charge in [-0.1, -0.05) is 15.9 Å². The Hall–Kier alpha value is -1.35. The number of rotatable bonds is 3. The Morgan fingerprint density at radius 2 is 2.11 bits per heavy atom. The van der Waals surface area contributed by atoms with E-state index in [9.17, 15) is 4.79 Å². The van der Waals surface area contributed by atoms with Crippen molar-refractivity contribution in [3.05, 3.63) is 44.1 Å². The molecule has 19 heavy (non-hydrogen) atoms. The van der Waals surface area contributed by atoms with Crippen molar-refractivity contribution in [2.45, 2.75) is 0 Å².